The molecule has 2 aromatic carbocycles. The zero-order valence-corrected chi connectivity index (χ0v) is 17.7. The summed E-state index contributed by atoms with van der Waals surface area (Å²) in [4.78, 5) is 37.1. The number of halogens is 2. The highest BCUT2D eigenvalue weighted by Crippen LogP contribution is 2.33. The highest BCUT2D eigenvalue weighted by molar-refractivity contribution is 6.30. The van der Waals surface area contributed by atoms with Gasteiger partial charge in [-0.1, -0.05) is 41.9 Å². The van der Waals surface area contributed by atoms with Gasteiger partial charge in [0.25, 0.3) is 5.91 Å². The van der Waals surface area contributed by atoms with E-state index < -0.39 is 29.6 Å². The number of para-hydroxylation sites is 1. The molecule has 8 nitrogen and oxygen atoms in total. The number of nitrogens with zero attached hydrogens (tertiary/aromatic N) is 2. The van der Waals surface area contributed by atoms with Crippen molar-refractivity contribution in [2.75, 3.05) is 0 Å². The first kappa shape index (κ1) is 21.8. The third kappa shape index (κ3) is 4.57. The maximum Gasteiger partial charge on any atom is 0.269 e. The van der Waals surface area contributed by atoms with Crippen LogP contribution < -0.4 is 16.4 Å². The molecule has 1 heterocycles. The molecule has 0 saturated heterocycles. The number of amides is 3. The lowest BCUT2D eigenvalue weighted by molar-refractivity contribution is -0.130. The summed E-state index contributed by atoms with van der Waals surface area (Å²) in [6, 6.07) is 10.8. The number of hydrogen-bond acceptors (Lipinski definition) is 4. The van der Waals surface area contributed by atoms with Crippen LogP contribution in [0.25, 0.3) is 10.9 Å². The number of rotatable bonds is 8. The van der Waals surface area contributed by atoms with Gasteiger partial charge in [-0.05, 0) is 30.9 Å². The lowest BCUT2D eigenvalue weighted by Crippen LogP contribution is -2.48. The number of hydrogen-bond donors (Lipinski definition) is 3. The Labute approximate surface area is 187 Å². The molecule has 166 valence electrons. The van der Waals surface area contributed by atoms with Gasteiger partial charge in [0, 0.05) is 17.5 Å². The second-order valence-corrected chi connectivity index (χ2v) is 8.11. The van der Waals surface area contributed by atoms with E-state index in [0.717, 1.165) is 12.8 Å². The van der Waals surface area contributed by atoms with E-state index in [-0.39, 0.29) is 35.3 Å². The van der Waals surface area contributed by atoms with Crippen LogP contribution >= 0.6 is 11.6 Å². The normalized spacial score (nSPS) is 14.2. The van der Waals surface area contributed by atoms with E-state index in [1.54, 1.807) is 30.3 Å². The minimum Gasteiger partial charge on any atom is -0.364 e. The number of benzene rings is 2. The maximum absolute atomic E-state index is 14.1. The fourth-order valence-corrected chi connectivity index (χ4v) is 3.78. The summed E-state index contributed by atoms with van der Waals surface area (Å²) in [6.45, 7) is -0.233. The molecule has 3 amide bonds. The Morgan fingerprint density at radius 2 is 1.94 bits per heavy atom. The molecule has 32 heavy (non-hydrogen) atoms. The van der Waals surface area contributed by atoms with Crippen LogP contribution in [0.5, 0.6) is 0 Å². The molecule has 10 heteroatoms. The van der Waals surface area contributed by atoms with Gasteiger partial charge in [-0.25, -0.2) is 4.39 Å². The second kappa shape index (κ2) is 8.96. The van der Waals surface area contributed by atoms with Crippen molar-refractivity contribution in [1.29, 1.82) is 0 Å². The SMILES string of the molecule is NC(=O)c1nn(CC(=O)N[C@H](C(=O)NCc2cccc(Cl)c2F)C2CC2)c2ccccc12. The molecule has 0 aliphatic heterocycles. The summed E-state index contributed by atoms with van der Waals surface area (Å²) in [5.41, 5.74) is 6.31. The molecule has 1 aliphatic carbocycles. The summed E-state index contributed by atoms with van der Waals surface area (Å²) in [5, 5.41) is 10.1. The number of nitrogens with two attached hydrogens (primary N) is 1. The van der Waals surface area contributed by atoms with E-state index in [1.165, 1.54) is 16.8 Å². The van der Waals surface area contributed by atoms with Gasteiger partial charge in [0.1, 0.15) is 18.4 Å². The van der Waals surface area contributed by atoms with Gasteiger partial charge in [-0.3, -0.25) is 19.1 Å². The van der Waals surface area contributed by atoms with E-state index in [0.29, 0.717) is 10.9 Å². The lowest BCUT2D eigenvalue weighted by Gasteiger charge is -2.18. The molecular formula is C22H21ClFN5O3. The summed E-state index contributed by atoms with van der Waals surface area (Å²) in [7, 11) is 0. The van der Waals surface area contributed by atoms with Crippen molar-refractivity contribution in [2.45, 2.75) is 32.0 Å². The first-order chi connectivity index (χ1) is 15.3. The Morgan fingerprint density at radius 3 is 2.66 bits per heavy atom. The highest BCUT2D eigenvalue weighted by atomic mass is 35.5. The highest BCUT2D eigenvalue weighted by Gasteiger charge is 2.37. The van der Waals surface area contributed by atoms with Crippen molar-refractivity contribution >= 4 is 40.2 Å². The minimum atomic E-state index is -0.748. The van der Waals surface area contributed by atoms with Crippen LogP contribution in [0.2, 0.25) is 5.02 Å². The largest absolute Gasteiger partial charge is 0.364 e. The van der Waals surface area contributed by atoms with E-state index in [9.17, 15) is 18.8 Å². The van der Waals surface area contributed by atoms with Gasteiger partial charge in [-0.2, -0.15) is 5.10 Å². The van der Waals surface area contributed by atoms with Crippen molar-refractivity contribution in [3.05, 3.63) is 64.6 Å². The Bertz CT molecular complexity index is 1210. The molecule has 1 saturated carbocycles. The van der Waals surface area contributed by atoms with Gasteiger partial charge in [0.2, 0.25) is 11.8 Å². The number of fused-ring (bicyclic) bond motifs is 1. The monoisotopic (exact) mass is 457 g/mol. The van der Waals surface area contributed by atoms with Crippen LogP contribution in [-0.2, 0) is 22.7 Å². The van der Waals surface area contributed by atoms with Crippen LogP contribution in [0.15, 0.2) is 42.5 Å². The van der Waals surface area contributed by atoms with Crippen LogP contribution in [0, 0.1) is 11.7 Å². The van der Waals surface area contributed by atoms with Crippen LogP contribution in [0.1, 0.15) is 28.9 Å². The van der Waals surface area contributed by atoms with Crippen molar-refractivity contribution in [3.8, 4) is 0 Å². The fourth-order valence-electron chi connectivity index (χ4n) is 3.59. The molecule has 0 radical (unpaired) electrons. The summed E-state index contributed by atoms with van der Waals surface area (Å²) >= 11 is 5.78. The number of nitrogens with one attached hydrogen (secondary N) is 2. The summed E-state index contributed by atoms with van der Waals surface area (Å²) in [5.74, 6) is -2.10. The average molecular weight is 458 g/mol. The lowest BCUT2D eigenvalue weighted by atomic mass is 10.1. The third-order valence-corrected chi connectivity index (χ3v) is 5.65. The van der Waals surface area contributed by atoms with Gasteiger partial charge in [0.05, 0.1) is 10.5 Å². The molecule has 3 aromatic rings. The molecule has 0 unspecified atom stereocenters. The average Bonchev–Trinajstić information content (AvgIpc) is 3.55. The van der Waals surface area contributed by atoms with E-state index >= 15 is 0 Å². The topological polar surface area (TPSA) is 119 Å². The predicted octanol–water partition coefficient (Wildman–Crippen LogP) is 2.14. The number of carbonyl (C=O) groups is 3. The minimum absolute atomic E-state index is 0.0127. The molecule has 1 aromatic heterocycles. The predicted molar refractivity (Wildman–Crippen MR) is 116 cm³/mol. The Balaban J connectivity index is 1.44. The standard InChI is InChI=1S/C22H21ClFN5O3/c23-15-6-3-4-13(18(15)24)10-26-22(32)19(12-8-9-12)27-17(30)11-29-16-7-2-1-5-14(16)20(28-29)21(25)31/h1-7,12,19H,8-11H2,(H2,25,31)(H,26,32)(H,27,30)/t19-/m0/s1. The Hall–Kier alpha value is -3.46. The second-order valence-electron chi connectivity index (χ2n) is 7.70. The number of aromatic nitrogens is 2. The Kier molecular flexibility index (Phi) is 6.09. The summed E-state index contributed by atoms with van der Waals surface area (Å²) < 4.78 is 15.5. The van der Waals surface area contributed by atoms with Crippen molar-refractivity contribution < 1.29 is 18.8 Å². The van der Waals surface area contributed by atoms with Gasteiger partial charge >= 0.3 is 0 Å². The van der Waals surface area contributed by atoms with Gasteiger partial charge < -0.3 is 16.4 Å². The van der Waals surface area contributed by atoms with Crippen LogP contribution in [0.4, 0.5) is 4.39 Å². The molecule has 1 fully saturated rings. The van der Waals surface area contributed by atoms with Crippen LogP contribution in [-0.4, -0.2) is 33.5 Å². The Morgan fingerprint density at radius 1 is 1.19 bits per heavy atom. The van der Waals surface area contributed by atoms with Crippen molar-refractivity contribution in [3.63, 3.8) is 0 Å². The smallest absolute Gasteiger partial charge is 0.269 e. The van der Waals surface area contributed by atoms with E-state index in [4.69, 9.17) is 17.3 Å². The molecule has 4 N–H and O–H groups in total. The quantitative estimate of drug-likeness (QED) is 0.480. The van der Waals surface area contributed by atoms with Crippen LogP contribution in [0.3, 0.4) is 0 Å². The molecule has 1 aliphatic rings. The number of primary amides is 1. The summed E-state index contributed by atoms with van der Waals surface area (Å²) in [6.07, 6.45) is 1.61. The fraction of sp³-hybridized carbons (Fsp3) is 0.273. The molecular weight excluding hydrogens is 437 g/mol. The van der Waals surface area contributed by atoms with Gasteiger partial charge in [0.15, 0.2) is 5.69 Å². The maximum atomic E-state index is 14.1. The number of carbonyl (C=O) groups excluding carboxylic acids is 3. The molecule has 0 bridgehead atoms. The van der Waals surface area contributed by atoms with Gasteiger partial charge in [-0.15, -0.1) is 0 Å². The third-order valence-electron chi connectivity index (χ3n) is 5.36. The van der Waals surface area contributed by atoms with Crippen molar-refractivity contribution in [1.82, 2.24) is 20.4 Å². The molecule has 1 atom stereocenters. The zero-order chi connectivity index (χ0) is 22.8. The first-order valence-electron chi connectivity index (χ1n) is 10.1. The first-order valence-corrected chi connectivity index (χ1v) is 10.5. The molecule has 4 rings (SSSR count). The van der Waals surface area contributed by atoms with Crippen molar-refractivity contribution in [2.24, 2.45) is 11.7 Å². The zero-order valence-electron chi connectivity index (χ0n) is 17.0. The van der Waals surface area contributed by atoms with E-state index in [1.807, 2.05) is 0 Å². The van der Waals surface area contributed by atoms with E-state index in [2.05, 4.69) is 15.7 Å². The molecule has 0 spiro atoms.